The second-order valence-corrected chi connectivity index (χ2v) is 5.20. The molecule has 0 radical (unpaired) electrons. The third-order valence-corrected chi connectivity index (χ3v) is 3.84. The van der Waals surface area contributed by atoms with Gasteiger partial charge in [0.15, 0.2) is 28.6 Å². The Bertz CT molecular complexity index is 518. The summed E-state index contributed by atoms with van der Waals surface area (Å²) in [5, 5.41) is 3.96. The van der Waals surface area contributed by atoms with Crippen molar-refractivity contribution in [3.8, 4) is 11.5 Å². The van der Waals surface area contributed by atoms with Crippen LogP contribution >= 0.6 is 11.8 Å². The molecule has 0 saturated heterocycles. The Morgan fingerprint density at radius 1 is 1.42 bits per heavy atom. The van der Waals surface area contributed by atoms with Gasteiger partial charge in [-0.25, -0.2) is 0 Å². The molecule has 100 valence electrons. The van der Waals surface area contributed by atoms with Crippen molar-refractivity contribution in [3.63, 3.8) is 0 Å². The van der Waals surface area contributed by atoms with Gasteiger partial charge in [0, 0.05) is 6.54 Å². The number of thioether (sulfide) groups is 1. The van der Waals surface area contributed by atoms with E-state index in [-0.39, 0.29) is 12.4 Å². The summed E-state index contributed by atoms with van der Waals surface area (Å²) in [4.78, 5) is 16.3. The fourth-order valence-corrected chi connectivity index (χ4v) is 2.74. The third-order valence-electron chi connectivity index (χ3n) is 2.86. The molecule has 6 heteroatoms. The molecule has 2 heterocycles. The second kappa shape index (κ2) is 5.52. The van der Waals surface area contributed by atoms with Crippen LogP contribution in [0.3, 0.4) is 0 Å². The van der Waals surface area contributed by atoms with E-state index in [2.05, 4.69) is 10.3 Å². The average Bonchev–Trinajstić information content (AvgIpc) is 2.97. The van der Waals surface area contributed by atoms with Gasteiger partial charge in [0.1, 0.15) is 6.61 Å². The first-order valence-corrected chi connectivity index (χ1v) is 7.14. The number of amidine groups is 1. The lowest BCUT2D eigenvalue weighted by atomic mass is 10.2. The maximum Gasteiger partial charge on any atom is 0.191 e. The van der Waals surface area contributed by atoms with E-state index in [4.69, 9.17) is 9.47 Å². The minimum atomic E-state index is -0.524. The van der Waals surface area contributed by atoms with Gasteiger partial charge in [0.2, 0.25) is 0 Å². The summed E-state index contributed by atoms with van der Waals surface area (Å²) < 4.78 is 11.2. The summed E-state index contributed by atoms with van der Waals surface area (Å²) in [5.41, 5.74) is 0. The maximum atomic E-state index is 12.1. The lowest BCUT2D eigenvalue weighted by Gasteiger charge is -2.25. The van der Waals surface area contributed by atoms with Gasteiger partial charge >= 0.3 is 0 Å². The van der Waals surface area contributed by atoms with Crippen LogP contribution in [-0.2, 0) is 4.79 Å². The number of carbonyl (C=O) groups is 1. The number of Topliss-reactive ketones (excluding diaryl/α,β-unsaturated/α-hetero) is 1. The molecule has 3 rings (SSSR count). The van der Waals surface area contributed by atoms with E-state index in [1.807, 2.05) is 24.3 Å². The number of ether oxygens (including phenoxy) is 2. The standard InChI is InChI=1S/C13H14N2O3S/c16-9(8-19-13-14-5-6-15-13)12-7-17-10-3-1-2-4-11(10)18-12/h1-4,12H,5-8H2,(H,14,15)/t12-/m0/s1. The van der Waals surface area contributed by atoms with Gasteiger partial charge in [-0.15, -0.1) is 0 Å². The van der Waals surface area contributed by atoms with Gasteiger partial charge in [0.05, 0.1) is 12.3 Å². The molecule has 0 spiro atoms. The van der Waals surface area contributed by atoms with Crippen molar-refractivity contribution in [1.82, 2.24) is 5.32 Å². The third kappa shape index (κ3) is 2.84. The zero-order valence-electron chi connectivity index (χ0n) is 10.3. The second-order valence-electron chi connectivity index (χ2n) is 4.23. The molecule has 1 aromatic rings. The maximum absolute atomic E-state index is 12.1. The van der Waals surface area contributed by atoms with Crippen molar-refractivity contribution >= 4 is 22.7 Å². The molecule has 2 aliphatic heterocycles. The Hall–Kier alpha value is -1.69. The van der Waals surface area contributed by atoms with E-state index in [9.17, 15) is 4.79 Å². The first kappa shape index (κ1) is 12.3. The van der Waals surface area contributed by atoms with Crippen LogP contribution < -0.4 is 14.8 Å². The number of ketones is 1. The number of fused-ring (bicyclic) bond motifs is 1. The predicted molar refractivity (Wildman–Crippen MR) is 74.1 cm³/mol. The minimum absolute atomic E-state index is 0.0240. The molecule has 2 aliphatic rings. The summed E-state index contributed by atoms with van der Waals surface area (Å²) >= 11 is 1.42. The number of para-hydroxylation sites is 2. The predicted octanol–water partition coefficient (Wildman–Crippen LogP) is 1.09. The Morgan fingerprint density at radius 2 is 2.26 bits per heavy atom. The summed E-state index contributed by atoms with van der Waals surface area (Å²) in [6, 6.07) is 7.39. The van der Waals surface area contributed by atoms with Crippen LogP contribution in [0, 0.1) is 0 Å². The normalized spacial score (nSPS) is 20.6. The quantitative estimate of drug-likeness (QED) is 0.897. The van der Waals surface area contributed by atoms with Crippen molar-refractivity contribution in [2.45, 2.75) is 6.10 Å². The minimum Gasteiger partial charge on any atom is -0.485 e. The first-order chi connectivity index (χ1) is 9.33. The van der Waals surface area contributed by atoms with Crippen LogP contribution in [0.15, 0.2) is 29.3 Å². The molecule has 1 atom stereocenters. The van der Waals surface area contributed by atoms with Crippen molar-refractivity contribution in [3.05, 3.63) is 24.3 Å². The Balaban J connectivity index is 1.57. The highest BCUT2D eigenvalue weighted by Crippen LogP contribution is 2.31. The summed E-state index contributed by atoms with van der Waals surface area (Å²) in [6.07, 6.45) is -0.524. The number of aliphatic imine (C=N–C) groups is 1. The van der Waals surface area contributed by atoms with E-state index in [1.54, 1.807) is 0 Å². The molecule has 1 N–H and O–H groups in total. The molecular formula is C13H14N2O3S. The van der Waals surface area contributed by atoms with Gasteiger partial charge in [-0.2, -0.15) is 0 Å². The number of carbonyl (C=O) groups excluding carboxylic acids is 1. The zero-order valence-corrected chi connectivity index (χ0v) is 11.1. The molecule has 0 aromatic heterocycles. The van der Waals surface area contributed by atoms with Crippen molar-refractivity contribution in [2.24, 2.45) is 4.99 Å². The van der Waals surface area contributed by atoms with E-state index < -0.39 is 6.10 Å². The van der Waals surface area contributed by atoms with E-state index in [0.29, 0.717) is 17.3 Å². The van der Waals surface area contributed by atoms with Crippen LogP contribution in [0.25, 0.3) is 0 Å². The van der Waals surface area contributed by atoms with Gasteiger partial charge in [-0.1, -0.05) is 23.9 Å². The fourth-order valence-electron chi connectivity index (χ4n) is 1.88. The molecule has 0 saturated carbocycles. The number of rotatable bonds is 3. The summed E-state index contributed by atoms with van der Waals surface area (Å²) in [7, 11) is 0. The number of nitrogens with zero attached hydrogens (tertiary/aromatic N) is 1. The molecular weight excluding hydrogens is 264 g/mol. The molecule has 0 bridgehead atoms. The van der Waals surface area contributed by atoms with Gasteiger partial charge in [0.25, 0.3) is 0 Å². The first-order valence-electron chi connectivity index (χ1n) is 6.15. The number of benzene rings is 1. The molecule has 5 nitrogen and oxygen atoms in total. The zero-order chi connectivity index (χ0) is 13.1. The number of hydrogen-bond donors (Lipinski definition) is 1. The van der Waals surface area contributed by atoms with Crippen LogP contribution in [0.5, 0.6) is 11.5 Å². The largest absolute Gasteiger partial charge is 0.485 e. The topological polar surface area (TPSA) is 59.9 Å². The molecule has 0 aliphatic carbocycles. The van der Waals surface area contributed by atoms with Crippen LogP contribution in [0.4, 0.5) is 0 Å². The Morgan fingerprint density at radius 3 is 3.05 bits per heavy atom. The molecule has 0 amide bonds. The Labute approximate surface area is 115 Å². The summed E-state index contributed by atoms with van der Waals surface area (Å²) in [6.45, 7) is 1.91. The average molecular weight is 278 g/mol. The van der Waals surface area contributed by atoms with Gasteiger partial charge < -0.3 is 14.8 Å². The van der Waals surface area contributed by atoms with Gasteiger partial charge in [-0.3, -0.25) is 9.79 Å². The van der Waals surface area contributed by atoms with Crippen molar-refractivity contribution in [2.75, 3.05) is 25.4 Å². The van der Waals surface area contributed by atoms with Crippen LogP contribution in [-0.4, -0.2) is 42.5 Å². The van der Waals surface area contributed by atoms with E-state index >= 15 is 0 Å². The molecule has 0 fully saturated rings. The Kier molecular flexibility index (Phi) is 3.59. The van der Waals surface area contributed by atoms with Crippen LogP contribution in [0.1, 0.15) is 0 Å². The van der Waals surface area contributed by atoms with Crippen molar-refractivity contribution < 1.29 is 14.3 Å². The number of hydrogen-bond acceptors (Lipinski definition) is 6. The van der Waals surface area contributed by atoms with Crippen LogP contribution in [0.2, 0.25) is 0 Å². The SMILES string of the molecule is O=C(CSC1=NCCN1)[C@@H]1COc2ccccc2O1. The molecule has 1 aromatic carbocycles. The lowest BCUT2D eigenvalue weighted by molar-refractivity contribution is -0.125. The lowest BCUT2D eigenvalue weighted by Crippen LogP contribution is -2.38. The highest BCUT2D eigenvalue weighted by molar-refractivity contribution is 8.14. The van der Waals surface area contributed by atoms with E-state index in [1.165, 1.54) is 11.8 Å². The fraction of sp³-hybridized carbons (Fsp3) is 0.385. The van der Waals surface area contributed by atoms with Gasteiger partial charge in [-0.05, 0) is 12.1 Å². The molecule has 0 unspecified atom stereocenters. The smallest absolute Gasteiger partial charge is 0.191 e. The highest BCUT2D eigenvalue weighted by Gasteiger charge is 2.27. The molecule has 19 heavy (non-hydrogen) atoms. The van der Waals surface area contributed by atoms with Crippen molar-refractivity contribution in [1.29, 1.82) is 0 Å². The monoisotopic (exact) mass is 278 g/mol. The summed E-state index contributed by atoms with van der Waals surface area (Å²) in [5.74, 6) is 1.70. The highest BCUT2D eigenvalue weighted by atomic mass is 32.2. The van der Waals surface area contributed by atoms with E-state index in [0.717, 1.165) is 18.3 Å². The number of nitrogens with one attached hydrogen (secondary N) is 1.